The fraction of sp³-hybridized carbons (Fsp3) is 0.350. The van der Waals surface area contributed by atoms with Gasteiger partial charge in [-0.1, -0.05) is 41.9 Å². The van der Waals surface area contributed by atoms with E-state index < -0.39 is 0 Å². The molecule has 0 radical (unpaired) electrons. The molecule has 1 N–H and O–H groups in total. The zero-order chi connectivity index (χ0) is 19.1. The number of hydrogen-bond acceptors (Lipinski definition) is 4. The van der Waals surface area contributed by atoms with Crippen LogP contribution in [0.1, 0.15) is 28.9 Å². The fourth-order valence-corrected chi connectivity index (χ4v) is 2.93. The van der Waals surface area contributed by atoms with Gasteiger partial charge in [0.2, 0.25) is 0 Å². The van der Waals surface area contributed by atoms with Gasteiger partial charge in [-0.3, -0.25) is 4.79 Å². The minimum absolute atomic E-state index is 0.143. The predicted molar refractivity (Wildman–Crippen MR) is 104 cm³/mol. The molecule has 0 fully saturated rings. The van der Waals surface area contributed by atoms with E-state index >= 15 is 0 Å². The number of benzene rings is 2. The molecule has 0 saturated carbocycles. The smallest absolute Gasteiger partial charge is 0.252 e. The van der Waals surface area contributed by atoms with Crippen molar-refractivity contribution in [3.8, 4) is 11.5 Å². The van der Waals surface area contributed by atoms with E-state index in [9.17, 15) is 4.79 Å². The molecule has 140 valence electrons. The van der Waals surface area contributed by atoms with Crippen LogP contribution in [0.25, 0.3) is 0 Å². The molecule has 2 aromatic carbocycles. The van der Waals surface area contributed by atoms with Gasteiger partial charge in [0.1, 0.15) is 0 Å². The number of halogens is 1. The van der Waals surface area contributed by atoms with Gasteiger partial charge in [0.25, 0.3) is 5.91 Å². The number of hydrogen-bond donors (Lipinski definition) is 1. The fourth-order valence-electron chi connectivity index (χ4n) is 2.66. The molecule has 0 saturated heterocycles. The maximum atomic E-state index is 12.8. The molecule has 0 aliphatic carbocycles. The number of ether oxygens (including phenoxy) is 2. The lowest BCUT2D eigenvalue weighted by atomic mass is 10.1. The van der Waals surface area contributed by atoms with Crippen LogP contribution in [0.3, 0.4) is 0 Å². The Labute approximate surface area is 159 Å². The van der Waals surface area contributed by atoms with Crippen molar-refractivity contribution >= 4 is 17.5 Å². The highest BCUT2D eigenvalue weighted by Gasteiger charge is 2.20. The van der Waals surface area contributed by atoms with Gasteiger partial charge in [0.05, 0.1) is 24.8 Å². The average molecular weight is 377 g/mol. The molecule has 0 spiro atoms. The van der Waals surface area contributed by atoms with Crippen molar-refractivity contribution in [2.45, 2.75) is 13.0 Å². The van der Waals surface area contributed by atoms with E-state index in [1.165, 1.54) is 7.11 Å². The van der Waals surface area contributed by atoms with Gasteiger partial charge in [-0.05, 0) is 38.7 Å². The zero-order valence-corrected chi connectivity index (χ0v) is 16.3. The standard InChI is InChI=1S/C20H25ClN2O3/c1-5-26-19-16(21)11-15(12-18(19)25-4)20(24)22-17(13-23(2)3)14-9-7-6-8-10-14/h6-12,17H,5,13H2,1-4H3,(H,22,24). The number of rotatable bonds is 8. The highest BCUT2D eigenvalue weighted by Crippen LogP contribution is 2.36. The first-order valence-corrected chi connectivity index (χ1v) is 8.84. The summed E-state index contributed by atoms with van der Waals surface area (Å²) < 4.78 is 10.8. The Kier molecular flexibility index (Phi) is 7.30. The lowest BCUT2D eigenvalue weighted by Crippen LogP contribution is -2.35. The largest absolute Gasteiger partial charge is 0.493 e. The minimum atomic E-state index is -0.219. The molecule has 1 atom stereocenters. The summed E-state index contributed by atoms with van der Waals surface area (Å²) in [5.41, 5.74) is 1.47. The van der Waals surface area contributed by atoms with Crippen LogP contribution in [0, 0.1) is 0 Å². The molecule has 2 aromatic rings. The summed E-state index contributed by atoms with van der Waals surface area (Å²) >= 11 is 6.28. The van der Waals surface area contributed by atoms with Gasteiger partial charge in [0.15, 0.2) is 11.5 Å². The van der Waals surface area contributed by atoms with Crippen LogP contribution in [0.15, 0.2) is 42.5 Å². The second-order valence-corrected chi connectivity index (χ2v) is 6.53. The summed E-state index contributed by atoms with van der Waals surface area (Å²) in [6.07, 6.45) is 0. The van der Waals surface area contributed by atoms with E-state index in [-0.39, 0.29) is 11.9 Å². The Morgan fingerprint density at radius 1 is 1.23 bits per heavy atom. The third-order valence-corrected chi connectivity index (χ3v) is 4.12. The van der Waals surface area contributed by atoms with E-state index in [1.54, 1.807) is 12.1 Å². The average Bonchev–Trinajstić information content (AvgIpc) is 2.63. The summed E-state index contributed by atoms with van der Waals surface area (Å²) in [7, 11) is 5.46. The molecule has 0 aliphatic heterocycles. The van der Waals surface area contributed by atoms with Crippen molar-refractivity contribution in [3.63, 3.8) is 0 Å². The van der Waals surface area contributed by atoms with Crippen LogP contribution in [-0.4, -0.2) is 45.2 Å². The van der Waals surface area contributed by atoms with E-state index in [0.29, 0.717) is 35.2 Å². The summed E-state index contributed by atoms with van der Waals surface area (Å²) in [5.74, 6) is 0.665. The van der Waals surface area contributed by atoms with Gasteiger partial charge in [0, 0.05) is 12.1 Å². The van der Waals surface area contributed by atoms with Crippen molar-refractivity contribution in [1.82, 2.24) is 10.2 Å². The van der Waals surface area contributed by atoms with Crippen molar-refractivity contribution in [2.75, 3.05) is 34.4 Å². The SMILES string of the molecule is CCOc1c(Cl)cc(C(=O)NC(CN(C)C)c2ccccc2)cc1OC. The second-order valence-electron chi connectivity index (χ2n) is 6.12. The molecule has 26 heavy (non-hydrogen) atoms. The van der Waals surface area contributed by atoms with Gasteiger partial charge in [-0.2, -0.15) is 0 Å². The first-order valence-electron chi connectivity index (χ1n) is 8.47. The molecule has 0 aliphatic rings. The number of nitrogens with zero attached hydrogens (tertiary/aromatic N) is 1. The van der Waals surface area contributed by atoms with Crippen LogP contribution >= 0.6 is 11.6 Å². The van der Waals surface area contributed by atoms with Crippen molar-refractivity contribution in [3.05, 3.63) is 58.6 Å². The van der Waals surface area contributed by atoms with Gasteiger partial charge >= 0.3 is 0 Å². The molecule has 0 heterocycles. The van der Waals surface area contributed by atoms with Crippen LogP contribution < -0.4 is 14.8 Å². The Hall–Kier alpha value is -2.24. The minimum Gasteiger partial charge on any atom is -0.493 e. The van der Waals surface area contributed by atoms with E-state index in [1.807, 2.05) is 56.3 Å². The normalized spacial score (nSPS) is 11.9. The zero-order valence-electron chi connectivity index (χ0n) is 15.6. The van der Waals surface area contributed by atoms with Gasteiger partial charge < -0.3 is 19.7 Å². The molecule has 6 heteroatoms. The lowest BCUT2D eigenvalue weighted by molar-refractivity contribution is 0.0929. The molecule has 0 aromatic heterocycles. The molecule has 1 unspecified atom stereocenters. The summed E-state index contributed by atoms with van der Waals surface area (Å²) in [6.45, 7) is 3.00. The Morgan fingerprint density at radius 3 is 2.50 bits per heavy atom. The van der Waals surface area contributed by atoms with E-state index in [2.05, 4.69) is 5.32 Å². The number of methoxy groups -OCH3 is 1. The Morgan fingerprint density at radius 2 is 1.92 bits per heavy atom. The first kappa shape index (κ1) is 20.1. The maximum Gasteiger partial charge on any atom is 0.252 e. The number of amides is 1. The Balaban J connectivity index is 2.27. The van der Waals surface area contributed by atoms with Crippen LogP contribution in [0.4, 0.5) is 0 Å². The Bertz CT molecular complexity index is 735. The summed E-state index contributed by atoms with van der Waals surface area (Å²) in [5, 5.41) is 3.42. The van der Waals surface area contributed by atoms with E-state index in [4.69, 9.17) is 21.1 Å². The van der Waals surface area contributed by atoms with E-state index in [0.717, 1.165) is 5.56 Å². The van der Waals surface area contributed by atoms with Crippen molar-refractivity contribution in [2.24, 2.45) is 0 Å². The monoisotopic (exact) mass is 376 g/mol. The van der Waals surface area contributed by atoms with Crippen molar-refractivity contribution < 1.29 is 14.3 Å². The van der Waals surface area contributed by atoms with Crippen LogP contribution in [0.5, 0.6) is 11.5 Å². The highest BCUT2D eigenvalue weighted by molar-refractivity contribution is 6.32. The highest BCUT2D eigenvalue weighted by atomic mass is 35.5. The molecule has 1 amide bonds. The summed E-state index contributed by atoms with van der Waals surface area (Å²) in [6, 6.07) is 13.0. The number of nitrogens with one attached hydrogen (secondary N) is 1. The third-order valence-electron chi connectivity index (χ3n) is 3.84. The van der Waals surface area contributed by atoms with Gasteiger partial charge in [-0.15, -0.1) is 0 Å². The molecular formula is C20H25ClN2O3. The predicted octanol–water partition coefficient (Wildman–Crippen LogP) is 3.78. The number of carbonyl (C=O) groups excluding carboxylic acids is 1. The number of likely N-dealkylation sites (N-methyl/N-ethyl adjacent to an activating group) is 1. The lowest BCUT2D eigenvalue weighted by Gasteiger charge is -2.23. The third kappa shape index (κ3) is 5.13. The second kappa shape index (κ2) is 9.46. The van der Waals surface area contributed by atoms with Crippen LogP contribution in [-0.2, 0) is 0 Å². The van der Waals surface area contributed by atoms with Gasteiger partial charge in [-0.25, -0.2) is 0 Å². The van der Waals surface area contributed by atoms with Crippen LogP contribution in [0.2, 0.25) is 5.02 Å². The summed E-state index contributed by atoms with van der Waals surface area (Å²) in [4.78, 5) is 14.8. The molecular weight excluding hydrogens is 352 g/mol. The molecule has 0 bridgehead atoms. The first-order chi connectivity index (χ1) is 12.5. The molecule has 5 nitrogen and oxygen atoms in total. The molecule has 2 rings (SSSR count). The van der Waals surface area contributed by atoms with Crippen molar-refractivity contribution in [1.29, 1.82) is 0 Å². The topological polar surface area (TPSA) is 50.8 Å². The number of carbonyl (C=O) groups is 1. The quantitative estimate of drug-likeness (QED) is 0.761. The maximum absolute atomic E-state index is 12.8.